The highest BCUT2D eigenvalue weighted by Crippen LogP contribution is 2.15. The van der Waals surface area contributed by atoms with Gasteiger partial charge in [-0.25, -0.2) is 0 Å². The lowest BCUT2D eigenvalue weighted by molar-refractivity contribution is -0.132. The van der Waals surface area contributed by atoms with Gasteiger partial charge in [0.2, 0.25) is 0 Å². The van der Waals surface area contributed by atoms with E-state index < -0.39 is 6.10 Å². The first-order valence-electron chi connectivity index (χ1n) is 8.69. The third-order valence-corrected chi connectivity index (χ3v) is 4.30. The van der Waals surface area contributed by atoms with Gasteiger partial charge in [-0.1, -0.05) is 30.3 Å². The summed E-state index contributed by atoms with van der Waals surface area (Å²) in [5, 5.41) is 6.32. The van der Waals surface area contributed by atoms with Gasteiger partial charge in [-0.15, -0.1) is 0 Å². The Bertz CT molecular complexity index is 673. The number of anilines is 2. The summed E-state index contributed by atoms with van der Waals surface area (Å²) >= 11 is 0. The molecule has 1 unspecified atom stereocenters. The topological polar surface area (TPSA) is 53.6 Å². The number of amides is 1. The lowest BCUT2D eigenvalue weighted by atomic mass is 10.1. The smallest absolute Gasteiger partial charge is 0.254 e. The minimum atomic E-state index is -0.401. The lowest BCUT2D eigenvalue weighted by Gasteiger charge is -2.29. The third kappa shape index (κ3) is 5.31. The standard InChI is InChI=1S/C20H25N3O2/c1-23-13-14-25-19(15-23)20(24)22-18-9-7-17(8-10-18)21-12-11-16-5-3-2-4-6-16/h2-10,19,21H,11-15H2,1H3,(H,22,24). The van der Waals surface area contributed by atoms with Gasteiger partial charge >= 0.3 is 0 Å². The number of carbonyl (C=O) groups is 1. The average molecular weight is 339 g/mol. The summed E-state index contributed by atoms with van der Waals surface area (Å²) in [7, 11) is 2.00. The number of rotatable bonds is 6. The highest BCUT2D eigenvalue weighted by atomic mass is 16.5. The van der Waals surface area contributed by atoms with Crippen molar-refractivity contribution in [2.45, 2.75) is 12.5 Å². The van der Waals surface area contributed by atoms with Crippen molar-refractivity contribution < 1.29 is 9.53 Å². The molecule has 1 saturated heterocycles. The number of likely N-dealkylation sites (N-methyl/N-ethyl adjacent to an activating group) is 1. The highest BCUT2D eigenvalue weighted by Gasteiger charge is 2.24. The number of ether oxygens (including phenoxy) is 1. The number of carbonyl (C=O) groups excluding carboxylic acids is 1. The predicted molar refractivity (Wildman–Crippen MR) is 101 cm³/mol. The molecular formula is C20H25N3O2. The second-order valence-corrected chi connectivity index (χ2v) is 6.35. The summed E-state index contributed by atoms with van der Waals surface area (Å²) in [5.74, 6) is -0.0867. The maximum Gasteiger partial charge on any atom is 0.254 e. The van der Waals surface area contributed by atoms with Gasteiger partial charge in [-0.2, -0.15) is 0 Å². The molecule has 5 nitrogen and oxygen atoms in total. The van der Waals surface area contributed by atoms with Gasteiger partial charge in [-0.05, 0) is 43.3 Å². The molecule has 1 amide bonds. The minimum Gasteiger partial charge on any atom is -0.385 e. The van der Waals surface area contributed by atoms with Crippen LogP contribution in [0.4, 0.5) is 11.4 Å². The molecule has 25 heavy (non-hydrogen) atoms. The number of morpholine rings is 1. The van der Waals surface area contributed by atoms with Crippen LogP contribution in [0, 0.1) is 0 Å². The van der Waals surface area contributed by atoms with E-state index in [1.807, 2.05) is 37.4 Å². The van der Waals surface area contributed by atoms with E-state index in [0.29, 0.717) is 13.2 Å². The molecule has 5 heteroatoms. The summed E-state index contributed by atoms with van der Waals surface area (Å²) in [4.78, 5) is 14.4. The Hall–Kier alpha value is -2.37. The molecule has 1 heterocycles. The van der Waals surface area contributed by atoms with Crippen LogP contribution in [0.1, 0.15) is 5.56 Å². The van der Waals surface area contributed by atoms with Crippen LogP contribution in [0.2, 0.25) is 0 Å². The molecular weight excluding hydrogens is 314 g/mol. The van der Waals surface area contributed by atoms with Crippen LogP contribution < -0.4 is 10.6 Å². The molecule has 0 saturated carbocycles. The Morgan fingerprint density at radius 1 is 1.12 bits per heavy atom. The molecule has 1 fully saturated rings. The monoisotopic (exact) mass is 339 g/mol. The van der Waals surface area contributed by atoms with Gasteiger partial charge in [-0.3, -0.25) is 4.79 Å². The largest absolute Gasteiger partial charge is 0.385 e. The van der Waals surface area contributed by atoms with Crippen molar-refractivity contribution in [2.24, 2.45) is 0 Å². The second kappa shape index (κ2) is 8.65. The van der Waals surface area contributed by atoms with E-state index in [-0.39, 0.29) is 5.91 Å². The van der Waals surface area contributed by atoms with Gasteiger partial charge in [0.05, 0.1) is 6.61 Å². The fourth-order valence-corrected chi connectivity index (χ4v) is 2.83. The number of hydrogen-bond acceptors (Lipinski definition) is 4. The SMILES string of the molecule is CN1CCOC(C(=O)Nc2ccc(NCCc3ccccc3)cc2)C1. The van der Waals surface area contributed by atoms with E-state index in [2.05, 4.69) is 39.8 Å². The van der Waals surface area contributed by atoms with Crippen molar-refractivity contribution in [1.29, 1.82) is 0 Å². The summed E-state index contributed by atoms with van der Waals surface area (Å²) in [6, 6.07) is 18.2. The molecule has 2 aromatic rings. The van der Waals surface area contributed by atoms with Crippen LogP contribution in [0.5, 0.6) is 0 Å². The predicted octanol–water partition coefficient (Wildman–Crippen LogP) is 2.61. The normalized spacial score (nSPS) is 17.9. The van der Waals surface area contributed by atoms with Crippen molar-refractivity contribution in [3.63, 3.8) is 0 Å². The summed E-state index contributed by atoms with van der Waals surface area (Å²) in [6.07, 6.45) is 0.578. The van der Waals surface area contributed by atoms with Crippen molar-refractivity contribution >= 4 is 17.3 Å². The zero-order valence-corrected chi connectivity index (χ0v) is 14.6. The second-order valence-electron chi connectivity index (χ2n) is 6.35. The van der Waals surface area contributed by atoms with Crippen LogP contribution in [0.15, 0.2) is 54.6 Å². The zero-order valence-electron chi connectivity index (χ0n) is 14.6. The molecule has 1 aliphatic heterocycles. The van der Waals surface area contributed by atoms with Gasteiger partial charge in [0, 0.05) is 31.0 Å². The molecule has 1 atom stereocenters. The minimum absolute atomic E-state index is 0.0867. The average Bonchev–Trinajstić information content (AvgIpc) is 2.64. The Morgan fingerprint density at radius 3 is 2.56 bits per heavy atom. The van der Waals surface area contributed by atoms with Gasteiger partial charge in [0.15, 0.2) is 0 Å². The Balaban J connectivity index is 1.46. The van der Waals surface area contributed by atoms with Crippen molar-refractivity contribution in [3.05, 3.63) is 60.2 Å². The van der Waals surface area contributed by atoms with E-state index in [1.165, 1.54) is 5.56 Å². The molecule has 2 aromatic carbocycles. The Morgan fingerprint density at radius 2 is 1.84 bits per heavy atom. The van der Waals surface area contributed by atoms with Gasteiger partial charge in [0.25, 0.3) is 5.91 Å². The fourth-order valence-electron chi connectivity index (χ4n) is 2.83. The zero-order chi connectivity index (χ0) is 17.5. The first kappa shape index (κ1) is 17.5. The summed E-state index contributed by atoms with van der Waals surface area (Å²) in [5.41, 5.74) is 3.15. The van der Waals surface area contributed by atoms with E-state index in [1.54, 1.807) is 0 Å². The van der Waals surface area contributed by atoms with Gasteiger partial charge < -0.3 is 20.3 Å². The number of nitrogens with zero attached hydrogens (tertiary/aromatic N) is 1. The Kier molecular flexibility index (Phi) is 6.04. The first-order valence-corrected chi connectivity index (χ1v) is 8.69. The lowest BCUT2D eigenvalue weighted by Crippen LogP contribution is -2.46. The van der Waals surface area contributed by atoms with E-state index >= 15 is 0 Å². The van der Waals surface area contributed by atoms with Crippen molar-refractivity contribution in [2.75, 3.05) is 43.9 Å². The number of nitrogens with one attached hydrogen (secondary N) is 2. The highest BCUT2D eigenvalue weighted by molar-refractivity contribution is 5.94. The van der Waals surface area contributed by atoms with Crippen molar-refractivity contribution in [1.82, 2.24) is 4.90 Å². The molecule has 1 aliphatic rings. The van der Waals surface area contributed by atoms with Crippen LogP contribution in [-0.2, 0) is 16.0 Å². The molecule has 3 rings (SSSR count). The molecule has 2 N–H and O–H groups in total. The van der Waals surface area contributed by atoms with E-state index in [9.17, 15) is 4.79 Å². The summed E-state index contributed by atoms with van der Waals surface area (Å²) in [6.45, 7) is 2.97. The third-order valence-electron chi connectivity index (χ3n) is 4.30. The fraction of sp³-hybridized carbons (Fsp3) is 0.350. The van der Waals surface area contributed by atoms with Crippen LogP contribution in [0.3, 0.4) is 0 Å². The van der Waals surface area contributed by atoms with Crippen LogP contribution >= 0.6 is 0 Å². The number of benzene rings is 2. The first-order chi connectivity index (χ1) is 12.2. The summed E-state index contributed by atoms with van der Waals surface area (Å²) < 4.78 is 5.54. The molecule has 0 radical (unpaired) electrons. The van der Waals surface area contributed by atoms with E-state index in [4.69, 9.17) is 4.74 Å². The van der Waals surface area contributed by atoms with Gasteiger partial charge in [0.1, 0.15) is 6.10 Å². The molecule has 0 aromatic heterocycles. The quantitative estimate of drug-likeness (QED) is 0.849. The van der Waals surface area contributed by atoms with Crippen LogP contribution in [0.25, 0.3) is 0 Å². The Labute approximate surface area is 149 Å². The van der Waals surface area contributed by atoms with Crippen LogP contribution in [-0.4, -0.2) is 50.2 Å². The molecule has 0 spiro atoms. The molecule has 132 valence electrons. The molecule has 0 bridgehead atoms. The van der Waals surface area contributed by atoms with Crippen molar-refractivity contribution in [3.8, 4) is 0 Å². The number of hydrogen-bond donors (Lipinski definition) is 2. The van der Waals surface area contributed by atoms with E-state index in [0.717, 1.165) is 30.9 Å². The maximum absolute atomic E-state index is 12.2. The maximum atomic E-state index is 12.2. The molecule has 0 aliphatic carbocycles.